The molecule has 4 N–H and O–H groups in total. The van der Waals surface area contributed by atoms with Crippen LogP contribution in [0.15, 0.2) is 0 Å². The van der Waals surface area contributed by atoms with E-state index in [2.05, 4.69) is 27.7 Å². The van der Waals surface area contributed by atoms with Gasteiger partial charge in [-0.1, -0.05) is 53.4 Å². The first-order chi connectivity index (χ1) is 12.3. The van der Waals surface area contributed by atoms with Crippen LogP contribution in [-0.2, 0) is 9.59 Å². The zero-order valence-corrected chi connectivity index (χ0v) is 18.4. The van der Waals surface area contributed by atoms with Gasteiger partial charge >= 0.3 is 11.9 Å². The number of hydrogen-bond donors (Lipinski definition) is 3. The Labute approximate surface area is 161 Å². The number of rotatable bonds is 15. The fourth-order valence-electron chi connectivity index (χ4n) is 2.92. The number of aliphatic carboxylic acids is 2. The van der Waals surface area contributed by atoms with Gasteiger partial charge < -0.3 is 15.9 Å². The number of carboxylic acids is 2. The summed E-state index contributed by atoms with van der Waals surface area (Å²) in [5, 5.41) is 16.0. The van der Waals surface area contributed by atoms with Gasteiger partial charge in [-0.2, -0.15) is 0 Å². The van der Waals surface area contributed by atoms with Gasteiger partial charge in [0.2, 0.25) is 0 Å². The molecular weight excluding hydrogens is 349 g/mol. The molecule has 0 spiro atoms. The highest BCUT2D eigenvalue weighted by Gasteiger charge is 2.34. The predicted molar refractivity (Wildman–Crippen MR) is 114 cm³/mol. The van der Waals surface area contributed by atoms with Gasteiger partial charge in [0, 0.05) is 7.26 Å². The number of nitrogens with two attached hydrogens (primary N) is 1. The third-order valence-electron chi connectivity index (χ3n) is 4.66. The van der Waals surface area contributed by atoms with Crippen molar-refractivity contribution in [1.29, 1.82) is 0 Å². The molecule has 5 nitrogen and oxygen atoms in total. The molecule has 0 saturated heterocycles. The van der Waals surface area contributed by atoms with E-state index in [-0.39, 0.29) is 0 Å². The first-order valence-electron chi connectivity index (χ1n) is 10.3. The van der Waals surface area contributed by atoms with E-state index >= 15 is 0 Å². The standard InChI is InChI=1S/C16H36P.C4H7NO4/c1-5-9-13-17(14-10-6-2,15-11-7-3)16-12-8-4;5-2(4(8)9)1-3(6)7/h5-16H2,1-4H3;2H,1,5H2,(H,6,7)(H,8,9)/q+1;. The van der Waals surface area contributed by atoms with Crippen LogP contribution in [-0.4, -0.2) is 52.8 Å². The molecule has 0 aliphatic rings. The topological polar surface area (TPSA) is 101 Å². The van der Waals surface area contributed by atoms with Crippen molar-refractivity contribution in [3.8, 4) is 0 Å². The number of carboxylic acid groups (broad SMARTS) is 2. The van der Waals surface area contributed by atoms with Crippen LogP contribution in [0.2, 0.25) is 0 Å². The summed E-state index contributed by atoms with van der Waals surface area (Å²) >= 11 is 0. The van der Waals surface area contributed by atoms with Gasteiger partial charge in [-0.15, -0.1) is 0 Å². The molecule has 0 aromatic heterocycles. The molecule has 0 heterocycles. The van der Waals surface area contributed by atoms with Gasteiger partial charge in [-0.3, -0.25) is 9.59 Å². The van der Waals surface area contributed by atoms with Crippen molar-refractivity contribution in [1.82, 2.24) is 0 Å². The lowest BCUT2D eigenvalue weighted by Gasteiger charge is -2.28. The van der Waals surface area contributed by atoms with Crippen LogP contribution in [0.25, 0.3) is 0 Å². The molecule has 0 aromatic carbocycles. The number of carbonyl (C=O) groups is 2. The van der Waals surface area contributed by atoms with Gasteiger partial charge in [0.05, 0.1) is 31.1 Å². The van der Waals surface area contributed by atoms with Crippen molar-refractivity contribution in [3.05, 3.63) is 0 Å². The fraction of sp³-hybridized carbons (Fsp3) is 0.900. The Morgan fingerprint density at radius 1 is 0.769 bits per heavy atom. The molecule has 156 valence electrons. The second kappa shape index (κ2) is 17.7. The van der Waals surface area contributed by atoms with E-state index in [1.807, 2.05) is 0 Å². The van der Waals surface area contributed by atoms with E-state index in [1.54, 1.807) is 24.6 Å². The van der Waals surface area contributed by atoms with E-state index in [4.69, 9.17) is 15.9 Å². The molecule has 0 amide bonds. The van der Waals surface area contributed by atoms with Crippen LogP contribution in [0.3, 0.4) is 0 Å². The largest absolute Gasteiger partial charge is 0.481 e. The summed E-state index contributed by atoms with van der Waals surface area (Å²) in [4.78, 5) is 19.6. The number of unbranched alkanes of at least 4 members (excludes halogenated alkanes) is 4. The smallest absolute Gasteiger partial charge is 0.321 e. The first-order valence-corrected chi connectivity index (χ1v) is 12.9. The average Bonchev–Trinajstić information content (AvgIpc) is 2.60. The van der Waals surface area contributed by atoms with Crippen LogP contribution in [0.1, 0.15) is 85.5 Å². The van der Waals surface area contributed by atoms with Gasteiger partial charge in [-0.05, 0) is 25.7 Å². The normalized spacial score (nSPS) is 12.2. The molecule has 0 bridgehead atoms. The summed E-state index contributed by atoms with van der Waals surface area (Å²) in [6.07, 6.45) is 17.4. The highest BCUT2D eigenvalue weighted by atomic mass is 31.2. The molecular formula is C20H43NO4P+. The summed E-state index contributed by atoms with van der Waals surface area (Å²) in [5.41, 5.74) is 4.84. The minimum atomic E-state index is -1.29. The Morgan fingerprint density at radius 2 is 1.08 bits per heavy atom. The van der Waals surface area contributed by atoms with Gasteiger partial charge in [-0.25, -0.2) is 0 Å². The highest BCUT2D eigenvalue weighted by Crippen LogP contribution is 2.61. The van der Waals surface area contributed by atoms with Crippen molar-refractivity contribution >= 4 is 19.2 Å². The van der Waals surface area contributed by atoms with E-state index in [0.717, 1.165) is 0 Å². The van der Waals surface area contributed by atoms with Crippen molar-refractivity contribution in [2.75, 3.05) is 24.6 Å². The summed E-state index contributed by atoms with van der Waals surface area (Å²) in [7, 11) is -0.562. The molecule has 0 rings (SSSR count). The third kappa shape index (κ3) is 15.6. The molecule has 0 aliphatic heterocycles. The number of hydrogen-bond acceptors (Lipinski definition) is 3. The van der Waals surface area contributed by atoms with E-state index in [9.17, 15) is 9.59 Å². The first kappa shape index (κ1) is 27.5. The van der Waals surface area contributed by atoms with Crippen molar-refractivity contribution in [2.24, 2.45) is 5.73 Å². The molecule has 0 aliphatic carbocycles. The highest BCUT2D eigenvalue weighted by molar-refractivity contribution is 7.75. The summed E-state index contributed by atoms with van der Waals surface area (Å²) in [5.74, 6) is -2.50. The fourth-order valence-corrected chi connectivity index (χ4v) is 8.21. The van der Waals surface area contributed by atoms with Crippen LogP contribution < -0.4 is 5.73 Å². The molecule has 6 heteroatoms. The molecule has 1 unspecified atom stereocenters. The minimum Gasteiger partial charge on any atom is -0.481 e. The monoisotopic (exact) mass is 392 g/mol. The lowest BCUT2D eigenvalue weighted by molar-refractivity contribution is -0.144. The molecule has 26 heavy (non-hydrogen) atoms. The molecule has 1 atom stereocenters. The van der Waals surface area contributed by atoms with Crippen molar-refractivity contribution in [3.63, 3.8) is 0 Å². The molecule has 0 radical (unpaired) electrons. The molecule has 0 saturated carbocycles. The predicted octanol–water partition coefficient (Wildman–Crippen LogP) is 5.08. The Bertz CT molecular complexity index is 326. The second-order valence-corrected chi connectivity index (χ2v) is 11.7. The van der Waals surface area contributed by atoms with Crippen LogP contribution >= 0.6 is 7.26 Å². The van der Waals surface area contributed by atoms with E-state index in [0.29, 0.717) is 0 Å². The SMILES string of the molecule is CCCC[P+](CCCC)(CCCC)CCCC.NC(CC(=O)O)C(=O)O. The Kier molecular flexibility index (Phi) is 18.8. The average molecular weight is 393 g/mol. The maximum absolute atomic E-state index is 9.85. The van der Waals surface area contributed by atoms with Gasteiger partial charge in [0.15, 0.2) is 0 Å². The van der Waals surface area contributed by atoms with Gasteiger partial charge in [0.1, 0.15) is 6.04 Å². The zero-order chi connectivity index (χ0) is 20.4. The minimum absolute atomic E-state index is 0.532. The van der Waals surface area contributed by atoms with Crippen molar-refractivity contribution < 1.29 is 19.8 Å². The van der Waals surface area contributed by atoms with E-state index < -0.39 is 31.7 Å². The van der Waals surface area contributed by atoms with Crippen LogP contribution in [0.5, 0.6) is 0 Å². The Balaban J connectivity index is 0. The van der Waals surface area contributed by atoms with Gasteiger partial charge in [0.25, 0.3) is 0 Å². The van der Waals surface area contributed by atoms with Crippen LogP contribution in [0.4, 0.5) is 0 Å². The summed E-state index contributed by atoms with van der Waals surface area (Å²) in [6.45, 7) is 9.42. The Hall–Kier alpha value is -0.670. The van der Waals surface area contributed by atoms with Crippen LogP contribution in [0, 0.1) is 0 Å². The maximum atomic E-state index is 9.85. The summed E-state index contributed by atoms with van der Waals surface area (Å²) in [6, 6.07) is -1.29. The quantitative estimate of drug-likeness (QED) is 0.338. The second-order valence-electron chi connectivity index (χ2n) is 7.19. The summed E-state index contributed by atoms with van der Waals surface area (Å²) < 4.78 is 0. The lowest BCUT2D eigenvalue weighted by atomic mass is 10.2. The van der Waals surface area contributed by atoms with E-state index in [1.165, 1.54) is 51.4 Å². The molecule has 0 aromatic rings. The third-order valence-corrected chi connectivity index (χ3v) is 9.72. The molecule has 0 fully saturated rings. The Morgan fingerprint density at radius 3 is 1.23 bits per heavy atom. The zero-order valence-electron chi connectivity index (χ0n) is 17.5. The lowest BCUT2D eigenvalue weighted by Crippen LogP contribution is -2.32. The van der Waals surface area contributed by atoms with Crippen molar-refractivity contribution in [2.45, 2.75) is 91.5 Å². The maximum Gasteiger partial charge on any atom is 0.321 e.